The fraction of sp³-hybridized carbons (Fsp3) is 0.125. The molecule has 0 spiro atoms. The van der Waals surface area contributed by atoms with Crippen molar-refractivity contribution in [2.45, 2.75) is 6.42 Å². The van der Waals surface area contributed by atoms with Crippen molar-refractivity contribution >= 4 is 5.69 Å². The van der Waals surface area contributed by atoms with E-state index in [2.05, 4.69) is 11.6 Å². The normalized spacial score (nSPS) is 9.20. The van der Waals surface area contributed by atoms with E-state index in [0.29, 0.717) is 0 Å². The van der Waals surface area contributed by atoms with Crippen molar-refractivity contribution in [3.05, 3.63) is 36.7 Å². The highest BCUT2D eigenvalue weighted by atomic mass is 14.7. The molecule has 0 aliphatic heterocycles. The number of nitrogen functional groups attached to an aromatic ring is 1. The van der Waals surface area contributed by atoms with Gasteiger partial charge in [-0.05, 0) is 18.1 Å². The molecule has 52 valence electrons. The van der Waals surface area contributed by atoms with Gasteiger partial charge >= 0.3 is 0 Å². The van der Waals surface area contributed by atoms with Gasteiger partial charge in [-0.3, -0.25) is 4.98 Å². The van der Waals surface area contributed by atoms with Crippen molar-refractivity contribution in [3.63, 3.8) is 0 Å². The van der Waals surface area contributed by atoms with Gasteiger partial charge in [-0.25, -0.2) is 0 Å². The molecule has 2 nitrogen and oxygen atoms in total. The molecule has 0 aliphatic rings. The Kier molecular flexibility index (Phi) is 2.05. The average molecular weight is 134 g/mol. The van der Waals surface area contributed by atoms with E-state index in [1.807, 2.05) is 12.1 Å². The van der Waals surface area contributed by atoms with Crippen LogP contribution in [0.15, 0.2) is 31.1 Å². The van der Waals surface area contributed by atoms with Crippen LogP contribution in [0.5, 0.6) is 0 Å². The fourth-order valence-electron chi connectivity index (χ4n) is 0.777. The molecule has 10 heavy (non-hydrogen) atoms. The summed E-state index contributed by atoms with van der Waals surface area (Å²) < 4.78 is 0. The molecule has 2 heteroatoms. The summed E-state index contributed by atoms with van der Waals surface area (Å²) in [5.74, 6) is 0. The van der Waals surface area contributed by atoms with Crippen molar-refractivity contribution in [2.75, 3.05) is 5.73 Å². The van der Waals surface area contributed by atoms with E-state index in [9.17, 15) is 0 Å². The predicted molar refractivity (Wildman–Crippen MR) is 42.6 cm³/mol. The van der Waals surface area contributed by atoms with Crippen LogP contribution in [0.1, 0.15) is 5.56 Å². The first-order valence-corrected chi connectivity index (χ1v) is 3.14. The van der Waals surface area contributed by atoms with Crippen molar-refractivity contribution in [3.8, 4) is 0 Å². The van der Waals surface area contributed by atoms with Crippen LogP contribution in [0.4, 0.5) is 5.69 Å². The zero-order chi connectivity index (χ0) is 7.40. The van der Waals surface area contributed by atoms with Crippen LogP contribution in [0.2, 0.25) is 0 Å². The number of allylic oxidation sites excluding steroid dienone is 1. The first kappa shape index (κ1) is 6.81. The molecule has 1 aromatic rings. The SMILES string of the molecule is C=CCc1ccncc1N. The summed E-state index contributed by atoms with van der Waals surface area (Å²) in [7, 11) is 0. The summed E-state index contributed by atoms with van der Waals surface area (Å²) in [6, 6.07) is 1.90. The number of pyridine rings is 1. The molecule has 0 aromatic carbocycles. The highest BCUT2D eigenvalue weighted by Crippen LogP contribution is 2.08. The summed E-state index contributed by atoms with van der Waals surface area (Å²) >= 11 is 0. The number of anilines is 1. The Labute approximate surface area is 60.4 Å². The maximum atomic E-state index is 5.60. The standard InChI is InChI=1S/C8H10N2/c1-2-3-7-4-5-10-6-8(7)9/h2,4-6H,1,3,9H2. The second kappa shape index (κ2) is 3.01. The van der Waals surface area contributed by atoms with Crippen LogP contribution < -0.4 is 5.73 Å². The molecule has 2 N–H and O–H groups in total. The number of aromatic nitrogens is 1. The van der Waals surface area contributed by atoms with E-state index in [1.165, 1.54) is 0 Å². The minimum Gasteiger partial charge on any atom is -0.397 e. The lowest BCUT2D eigenvalue weighted by molar-refractivity contribution is 1.22. The summed E-state index contributed by atoms with van der Waals surface area (Å²) in [4.78, 5) is 3.87. The lowest BCUT2D eigenvalue weighted by Crippen LogP contribution is -1.92. The van der Waals surface area contributed by atoms with E-state index >= 15 is 0 Å². The maximum Gasteiger partial charge on any atom is 0.0536 e. The third-order valence-electron chi connectivity index (χ3n) is 1.31. The summed E-state index contributed by atoms with van der Waals surface area (Å²) in [6.07, 6.45) is 6.02. The summed E-state index contributed by atoms with van der Waals surface area (Å²) in [5, 5.41) is 0. The van der Waals surface area contributed by atoms with Gasteiger partial charge in [0.05, 0.1) is 11.9 Å². The molecule has 0 saturated heterocycles. The van der Waals surface area contributed by atoms with Gasteiger partial charge in [-0.2, -0.15) is 0 Å². The van der Waals surface area contributed by atoms with Crippen LogP contribution >= 0.6 is 0 Å². The largest absolute Gasteiger partial charge is 0.397 e. The second-order valence-electron chi connectivity index (χ2n) is 2.07. The summed E-state index contributed by atoms with van der Waals surface area (Å²) in [5.41, 5.74) is 7.42. The van der Waals surface area contributed by atoms with Crippen molar-refractivity contribution < 1.29 is 0 Å². The van der Waals surface area contributed by atoms with Crippen LogP contribution in [0, 0.1) is 0 Å². The number of rotatable bonds is 2. The van der Waals surface area contributed by atoms with Crippen LogP contribution in [-0.2, 0) is 6.42 Å². The second-order valence-corrected chi connectivity index (χ2v) is 2.07. The van der Waals surface area contributed by atoms with Gasteiger partial charge in [-0.15, -0.1) is 6.58 Å². The van der Waals surface area contributed by atoms with Crippen LogP contribution in [-0.4, -0.2) is 4.98 Å². The molecule has 0 bridgehead atoms. The molecule has 0 fully saturated rings. The lowest BCUT2D eigenvalue weighted by Gasteiger charge is -1.98. The van der Waals surface area contributed by atoms with Crippen molar-refractivity contribution in [1.82, 2.24) is 4.98 Å². The maximum absolute atomic E-state index is 5.60. The first-order valence-electron chi connectivity index (χ1n) is 3.14. The smallest absolute Gasteiger partial charge is 0.0536 e. The zero-order valence-corrected chi connectivity index (χ0v) is 5.75. The molecular formula is C8H10N2. The topological polar surface area (TPSA) is 38.9 Å². The molecule has 0 aliphatic carbocycles. The van der Waals surface area contributed by atoms with E-state index in [4.69, 9.17) is 5.73 Å². The van der Waals surface area contributed by atoms with Gasteiger partial charge in [0.25, 0.3) is 0 Å². The molecule has 0 atom stereocenters. The number of nitrogens with two attached hydrogens (primary N) is 1. The Balaban J connectivity index is 2.91. The van der Waals surface area contributed by atoms with Crippen molar-refractivity contribution in [1.29, 1.82) is 0 Å². The molecule has 0 radical (unpaired) electrons. The van der Waals surface area contributed by atoms with E-state index < -0.39 is 0 Å². The quantitative estimate of drug-likeness (QED) is 0.621. The Morgan fingerprint density at radius 1 is 1.70 bits per heavy atom. The van der Waals surface area contributed by atoms with Gasteiger partial charge in [0.1, 0.15) is 0 Å². The summed E-state index contributed by atoms with van der Waals surface area (Å²) in [6.45, 7) is 3.62. The Hall–Kier alpha value is -1.31. The van der Waals surface area contributed by atoms with Gasteiger partial charge in [0.2, 0.25) is 0 Å². The third-order valence-corrected chi connectivity index (χ3v) is 1.31. The van der Waals surface area contributed by atoms with E-state index in [-0.39, 0.29) is 0 Å². The van der Waals surface area contributed by atoms with Gasteiger partial charge in [-0.1, -0.05) is 6.08 Å². The Bertz CT molecular complexity index is 230. The minimum atomic E-state index is 0.738. The molecular weight excluding hydrogens is 124 g/mol. The highest BCUT2D eigenvalue weighted by Gasteiger charge is 1.92. The predicted octanol–water partition coefficient (Wildman–Crippen LogP) is 1.39. The average Bonchev–Trinajstić information content (AvgIpc) is 1.94. The molecule has 0 amide bonds. The van der Waals surface area contributed by atoms with E-state index in [1.54, 1.807) is 12.4 Å². The number of hydrogen-bond donors (Lipinski definition) is 1. The van der Waals surface area contributed by atoms with Gasteiger partial charge in [0.15, 0.2) is 0 Å². The first-order chi connectivity index (χ1) is 4.84. The lowest BCUT2D eigenvalue weighted by atomic mass is 10.2. The highest BCUT2D eigenvalue weighted by molar-refractivity contribution is 5.44. The molecule has 0 unspecified atom stereocenters. The fourth-order valence-corrected chi connectivity index (χ4v) is 0.777. The Morgan fingerprint density at radius 2 is 2.50 bits per heavy atom. The zero-order valence-electron chi connectivity index (χ0n) is 5.75. The third kappa shape index (κ3) is 1.35. The molecule has 1 aromatic heterocycles. The van der Waals surface area contributed by atoms with Crippen LogP contribution in [0.25, 0.3) is 0 Å². The molecule has 0 saturated carbocycles. The van der Waals surface area contributed by atoms with E-state index in [0.717, 1.165) is 17.7 Å². The number of nitrogens with zero attached hydrogens (tertiary/aromatic N) is 1. The number of hydrogen-bond acceptors (Lipinski definition) is 2. The van der Waals surface area contributed by atoms with Gasteiger partial charge < -0.3 is 5.73 Å². The minimum absolute atomic E-state index is 0.738. The Morgan fingerprint density at radius 3 is 3.10 bits per heavy atom. The molecule has 1 heterocycles. The monoisotopic (exact) mass is 134 g/mol. The van der Waals surface area contributed by atoms with Crippen LogP contribution in [0.3, 0.4) is 0 Å². The van der Waals surface area contributed by atoms with Gasteiger partial charge in [0, 0.05) is 6.20 Å². The van der Waals surface area contributed by atoms with Crippen molar-refractivity contribution in [2.24, 2.45) is 0 Å². The molecule has 1 rings (SSSR count).